The van der Waals surface area contributed by atoms with Crippen molar-refractivity contribution in [3.8, 4) is 0 Å². The Bertz CT molecular complexity index is 1180. The Morgan fingerprint density at radius 2 is 1.88 bits per heavy atom. The van der Waals surface area contributed by atoms with Crippen LogP contribution in [-0.2, 0) is 6.42 Å². The lowest BCUT2D eigenvalue weighted by molar-refractivity contribution is -0.127. The molecule has 6 nitrogen and oxygen atoms in total. The highest BCUT2D eigenvalue weighted by Gasteiger charge is 2.32. The minimum Gasteiger partial charge on any atom is -0.349 e. The molecule has 2 aliphatic rings. The molecule has 2 aromatic heterocycles. The maximum atomic E-state index is 13.5. The van der Waals surface area contributed by atoms with Gasteiger partial charge in [0.05, 0.1) is 30.9 Å². The van der Waals surface area contributed by atoms with E-state index in [4.69, 9.17) is 0 Å². The van der Waals surface area contributed by atoms with Crippen LogP contribution in [0.25, 0.3) is 16.5 Å². The fourth-order valence-corrected chi connectivity index (χ4v) is 4.99. The minimum atomic E-state index is -4.30. The molecule has 1 fully saturated rings. The fraction of sp³-hybridized carbons (Fsp3) is 0.458. The number of fused-ring (bicyclic) bond motifs is 3. The monoisotopic (exact) mass is 474 g/mol. The summed E-state index contributed by atoms with van der Waals surface area (Å²) in [6.07, 6.45) is 1.89. The SMILES string of the molecule is FCCCN1CC(Nc2ncc(C3=C(CC(F)(F)F)CCCc4c3ccc3[nH]ncc43)cn2)C1. The van der Waals surface area contributed by atoms with E-state index in [0.717, 1.165) is 41.7 Å². The summed E-state index contributed by atoms with van der Waals surface area (Å²) in [5, 5.41) is 11.2. The van der Waals surface area contributed by atoms with Crippen molar-refractivity contribution in [1.82, 2.24) is 25.1 Å². The van der Waals surface area contributed by atoms with Crippen LogP contribution in [0.15, 0.2) is 36.3 Å². The number of alkyl halides is 4. The summed E-state index contributed by atoms with van der Waals surface area (Å²) in [6.45, 7) is 1.99. The Hall–Kier alpha value is -3.01. The maximum absolute atomic E-state index is 13.5. The largest absolute Gasteiger partial charge is 0.392 e. The zero-order valence-electron chi connectivity index (χ0n) is 18.6. The Labute approximate surface area is 194 Å². The molecule has 0 atom stereocenters. The van der Waals surface area contributed by atoms with Gasteiger partial charge < -0.3 is 5.32 Å². The third-order valence-electron chi connectivity index (χ3n) is 6.52. The number of likely N-dealkylation sites (tertiary alicyclic amines) is 1. The highest BCUT2D eigenvalue weighted by molar-refractivity contribution is 5.92. The van der Waals surface area contributed by atoms with Crippen molar-refractivity contribution in [1.29, 1.82) is 0 Å². The standard InChI is InChI=1S/C24H26F4N6/c25-7-2-8-34-13-17(14-34)32-23-29-10-16(11-30-23)22-15(9-24(26,27)28)3-1-4-18-19(22)5-6-21-20(18)12-31-33-21/h5-6,10-12,17H,1-4,7-9,13-14H2,(H,31,33)(H,29,30,32). The summed E-state index contributed by atoms with van der Waals surface area (Å²) in [7, 11) is 0. The van der Waals surface area contributed by atoms with Crippen LogP contribution in [0.5, 0.6) is 0 Å². The second-order valence-corrected chi connectivity index (χ2v) is 8.99. The van der Waals surface area contributed by atoms with Crippen LogP contribution < -0.4 is 5.32 Å². The van der Waals surface area contributed by atoms with Gasteiger partial charge in [-0.3, -0.25) is 14.4 Å². The van der Waals surface area contributed by atoms with E-state index in [0.29, 0.717) is 48.3 Å². The molecule has 0 radical (unpaired) electrons. The van der Waals surface area contributed by atoms with E-state index in [1.54, 1.807) is 18.6 Å². The smallest absolute Gasteiger partial charge is 0.349 e. The number of halogens is 4. The quantitative estimate of drug-likeness (QED) is 0.477. The van der Waals surface area contributed by atoms with Gasteiger partial charge in [0.1, 0.15) is 0 Å². The molecule has 3 heterocycles. The highest BCUT2D eigenvalue weighted by Crippen LogP contribution is 2.41. The zero-order chi connectivity index (χ0) is 23.7. The number of rotatable bonds is 7. The molecule has 0 unspecified atom stereocenters. The van der Waals surface area contributed by atoms with Crippen molar-refractivity contribution in [3.05, 3.63) is 53.0 Å². The number of aromatic nitrogens is 4. The summed E-state index contributed by atoms with van der Waals surface area (Å²) in [5.74, 6) is 0.441. The second-order valence-electron chi connectivity index (χ2n) is 8.99. The van der Waals surface area contributed by atoms with Gasteiger partial charge in [0.15, 0.2) is 0 Å². The first-order valence-electron chi connectivity index (χ1n) is 11.5. The first kappa shape index (κ1) is 22.8. The lowest BCUT2D eigenvalue weighted by atomic mass is 9.90. The van der Waals surface area contributed by atoms with E-state index < -0.39 is 12.6 Å². The number of hydrogen-bond acceptors (Lipinski definition) is 5. The summed E-state index contributed by atoms with van der Waals surface area (Å²) in [4.78, 5) is 11.0. The minimum absolute atomic E-state index is 0.179. The van der Waals surface area contributed by atoms with Gasteiger partial charge in [-0.1, -0.05) is 11.6 Å². The number of nitrogens with one attached hydrogen (secondary N) is 2. The van der Waals surface area contributed by atoms with E-state index in [1.165, 1.54) is 0 Å². The van der Waals surface area contributed by atoms with Crippen LogP contribution in [0.3, 0.4) is 0 Å². The number of aryl methyl sites for hydroxylation is 1. The molecule has 1 aliphatic carbocycles. The normalized spacial score (nSPS) is 17.5. The van der Waals surface area contributed by atoms with Crippen LogP contribution in [0.4, 0.5) is 23.5 Å². The van der Waals surface area contributed by atoms with Gasteiger partial charge in [-0.25, -0.2) is 9.97 Å². The van der Waals surface area contributed by atoms with Gasteiger partial charge >= 0.3 is 6.18 Å². The Kier molecular flexibility index (Phi) is 6.24. The molecule has 0 amide bonds. The highest BCUT2D eigenvalue weighted by atomic mass is 19.4. The van der Waals surface area contributed by atoms with Crippen molar-refractivity contribution in [2.45, 2.75) is 44.3 Å². The molecule has 5 rings (SSSR count). The third kappa shape index (κ3) is 4.77. The Balaban J connectivity index is 1.44. The van der Waals surface area contributed by atoms with Gasteiger partial charge in [-0.05, 0) is 48.4 Å². The number of aromatic amines is 1. The van der Waals surface area contributed by atoms with Crippen LogP contribution in [-0.4, -0.2) is 63.6 Å². The molecule has 1 saturated heterocycles. The molecule has 2 N–H and O–H groups in total. The molecular formula is C24H26F4N6. The molecule has 10 heteroatoms. The fourth-order valence-electron chi connectivity index (χ4n) is 4.99. The number of hydrogen-bond donors (Lipinski definition) is 2. The average Bonchev–Trinajstić information content (AvgIpc) is 3.18. The second kappa shape index (κ2) is 9.32. The van der Waals surface area contributed by atoms with Crippen molar-refractivity contribution >= 4 is 22.4 Å². The maximum Gasteiger partial charge on any atom is 0.392 e. The van der Waals surface area contributed by atoms with Gasteiger partial charge in [-0.15, -0.1) is 0 Å². The van der Waals surface area contributed by atoms with Crippen LogP contribution in [0, 0.1) is 0 Å². The summed E-state index contributed by atoms with van der Waals surface area (Å²) in [6, 6.07) is 3.91. The van der Waals surface area contributed by atoms with Crippen LogP contribution in [0.1, 0.15) is 42.4 Å². The molecule has 180 valence electrons. The van der Waals surface area contributed by atoms with E-state index in [-0.39, 0.29) is 12.7 Å². The van der Waals surface area contributed by atoms with Gasteiger partial charge in [0.2, 0.25) is 5.95 Å². The van der Waals surface area contributed by atoms with Crippen molar-refractivity contribution in [3.63, 3.8) is 0 Å². The first-order valence-corrected chi connectivity index (χ1v) is 11.5. The predicted molar refractivity (Wildman–Crippen MR) is 122 cm³/mol. The number of anilines is 1. The van der Waals surface area contributed by atoms with Crippen molar-refractivity contribution in [2.24, 2.45) is 0 Å². The van der Waals surface area contributed by atoms with Crippen LogP contribution in [0.2, 0.25) is 0 Å². The molecule has 0 spiro atoms. The number of allylic oxidation sites excluding steroid dienone is 1. The average molecular weight is 475 g/mol. The lowest BCUT2D eigenvalue weighted by Gasteiger charge is -2.39. The molecule has 0 saturated carbocycles. The molecule has 34 heavy (non-hydrogen) atoms. The number of H-pyrrole nitrogens is 1. The zero-order valence-corrected chi connectivity index (χ0v) is 18.6. The topological polar surface area (TPSA) is 69.7 Å². The Morgan fingerprint density at radius 1 is 1.09 bits per heavy atom. The van der Waals surface area contributed by atoms with Gasteiger partial charge in [0.25, 0.3) is 0 Å². The summed E-state index contributed by atoms with van der Waals surface area (Å²) < 4.78 is 52.8. The van der Waals surface area contributed by atoms with E-state index in [1.807, 2.05) is 12.1 Å². The molecular weight excluding hydrogens is 448 g/mol. The summed E-state index contributed by atoms with van der Waals surface area (Å²) >= 11 is 0. The number of benzene rings is 1. The van der Waals surface area contributed by atoms with Gasteiger partial charge in [-0.2, -0.15) is 18.3 Å². The first-order chi connectivity index (χ1) is 16.4. The number of nitrogens with zero attached hydrogens (tertiary/aromatic N) is 4. The predicted octanol–water partition coefficient (Wildman–Crippen LogP) is 4.90. The lowest BCUT2D eigenvalue weighted by Crippen LogP contribution is -2.55. The van der Waals surface area contributed by atoms with Crippen LogP contribution >= 0.6 is 0 Å². The third-order valence-corrected chi connectivity index (χ3v) is 6.52. The molecule has 1 aliphatic heterocycles. The molecule has 3 aromatic rings. The molecule has 0 bridgehead atoms. The van der Waals surface area contributed by atoms with Gasteiger partial charge in [0, 0.05) is 43.0 Å². The van der Waals surface area contributed by atoms with E-state index >= 15 is 0 Å². The van der Waals surface area contributed by atoms with Crippen molar-refractivity contribution < 1.29 is 17.6 Å². The Morgan fingerprint density at radius 3 is 2.62 bits per heavy atom. The molecule has 1 aromatic carbocycles. The summed E-state index contributed by atoms with van der Waals surface area (Å²) in [5.41, 5.74) is 4.17. The van der Waals surface area contributed by atoms with Crippen molar-refractivity contribution in [2.75, 3.05) is 31.6 Å². The van der Waals surface area contributed by atoms with E-state index in [2.05, 4.69) is 30.4 Å². The van der Waals surface area contributed by atoms with E-state index in [9.17, 15) is 17.6 Å².